The minimum atomic E-state index is -1.63. The molecule has 58 heavy (non-hydrogen) atoms. The molecule has 0 heterocycles. The third-order valence-electron chi connectivity index (χ3n) is 7.89. The third-order valence-corrected chi connectivity index (χ3v) is 7.89. The molecule has 5 aromatic rings. The van der Waals surface area contributed by atoms with Gasteiger partial charge in [-0.05, 0) is 49.7 Å². The van der Waals surface area contributed by atoms with Crippen molar-refractivity contribution in [2.75, 3.05) is 0 Å². The second kappa shape index (κ2) is 22.9. The van der Waals surface area contributed by atoms with Crippen LogP contribution in [0.4, 0.5) is 70.2 Å². The van der Waals surface area contributed by atoms with Crippen LogP contribution in [0.5, 0.6) is 0 Å². The molecule has 0 spiro atoms. The number of hydrogen-bond donors (Lipinski definition) is 0. The van der Waals surface area contributed by atoms with Crippen LogP contribution < -0.4 is 0 Å². The van der Waals surface area contributed by atoms with Crippen LogP contribution in [-0.2, 0) is 67.8 Å². The summed E-state index contributed by atoms with van der Waals surface area (Å²) in [5.74, 6) is -24.2. The molecule has 0 saturated carbocycles. The number of benzene rings is 5. The molecule has 5 rings (SSSR count). The van der Waals surface area contributed by atoms with Crippen molar-refractivity contribution in [3.63, 3.8) is 0 Å². The summed E-state index contributed by atoms with van der Waals surface area (Å²) >= 11 is 0. The average Bonchev–Trinajstić information content (AvgIpc) is 3.16. The van der Waals surface area contributed by atoms with Crippen LogP contribution in [0.1, 0.15) is 51.8 Å². The van der Waals surface area contributed by atoms with E-state index in [0.717, 1.165) is 13.8 Å². The Morgan fingerprint density at radius 3 is 0.897 bits per heavy atom. The van der Waals surface area contributed by atoms with Crippen LogP contribution in [0.2, 0.25) is 0 Å². The SMILES string of the molecule is Cc1c(F)c(F)[c-]c(F)c1F.Cc1c(F)c(F)[c-]c(F)c1F.N#Cc1c(CCCc2c(F)c(F)[c-]c(F)c2F)cccc1CCCc1c(F)c(F)[c-]c(F)c1F.[W+2].[W+2]. The molecule has 1 nitrogen and oxygen atoms in total. The first kappa shape index (κ1) is 51.9. The molecule has 19 heteroatoms. The summed E-state index contributed by atoms with van der Waals surface area (Å²) < 4.78 is 207. The summed E-state index contributed by atoms with van der Waals surface area (Å²) in [5, 5.41) is 9.56. The Kier molecular flexibility index (Phi) is 20.4. The second-order valence-electron chi connectivity index (χ2n) is 11.5. The van der Waals surface area contributed by atoms with Gasteiger partial charge in [-0.3, -0.25) is 35.1 Å². The van der Waals surface area contributed by atoms with E-state index in [-0.39, 0.29) is 86.2 Å². The Morgan fingerprint density at radius 1 is 0.414 bits per heavy atom. The van der Waals surface area contributed by atoms with E-state index in [4.69, 9.17) is 0 Å². The summed E-state index contributed by atoms with van der Waals surface area (Å²) in [7, 11) is 0. The van der Waals surface area contributed by atoms with Crippen molar-refractivity contribution < 1.29 is 112 Å². The monoisotopic (exact) mass is 1180 g/mol. The van der Waals surface area contributed by atoms with E-state index in [9.17, 15) is 75.5 Å². The zero-order chi connectivity index (χ0) is 42.2. The van der Waals surface area contributed by atoms with Crippen molar-refractivity contribution in [3.8, 4) is 6.07 Å². The molecule has 0 saturated heterocycles. The minimum absolute atomic E-state index is 0. The van der Waals surface area contributed by atoms with Gasteiger partial charge in [0, 0.05) is 93.1 Å². The predicted molar refractivity (Wildman–Crippen MR) is 165 cm³/mol. The molecule has 0 amide bonds. The first-order valence-electron chi connectivity index (χ1n) is 15.7. The number of rotatable bonds is 8. The number of nitrogens with zero attached hydrogens (tertiary/aromatic N) is 1. The van der Waals surface area contributed by atoms with Gasteiger partial charge >= 0.3 is 42.1 Å². The first-order chi connectivity index (χ1) is 26.2. The fourth-order valence-electron chi connectivity index (χ4n) is 4.96. The second-order valence-corrected chi connectivity index (χ2v) is 11.5. The van der Waals surface area contributed by atoms with Crippen molar-refractivity contribution in [2.45, 2.75) is 52.4 Å². The molecule has 0 fully saturated rings. The standard InChI is InChI=1S/C25H15F8N.2C7H3F4.2W/c26-18-10-19(27)23(31)15(22(18)30)8-2-6-13-4-1-5-14(17(13)12-34)7-3-9-16-24(32)20(28)11-21(29)25(16)33;2*1-3-6(10)4(8)2-5(9)7(3)11;;/h1,4-5H,2-3,6-9H2;2*1H3;;/q-2;2*-1;2*+2. The molecule has 306 valence electrons. The Balaban J connectivity index is 0.000000571. The van der Waals surface area contributed by atoms with Crippen LogP contribution in [0.15, 0.2) is 18.2 Å². The summed E-state index contributed by atoms with van der Waals surface area (Å²) in [4.78, 5) is 0. The van der Waals surface area contributed by atoms with Gasteiger partial charge in [-0.25, -0.2) is 35.1 Å². The summed E-state index contributed by atoms with van der Waals surface area (Å²) in [6.45, 7) is 1.90. The summed E-state index contributed by atoms with van der Waals surface area (Å²) in [5.41, 5.74) is -1.64. The van der Waals surface area contributed by atoms with E-state index in [1.807, 2.05) is 6.07 Å². The maximum atomic E-state index is 13.8. The van der Waals surface area contributed by atoms with Crippen molar-refractivity contribution in [2.24, 2.45) is 0 Å². The maximum absolute atomic E-state index is 13.8. The molecule has 0 unspecified atom stereocenters. The Bertz CT molecular complexity index is 2040. The van der Waals surface area contributed by atoms with Gasteiger partial charge in [-0.2, -0.15) is 5.26 Å². The van der Waals surface area contributed by atoms with Gasteiger partial charge in [0.25, 0.3) is 0 Å². The molecule has 0 N–H and O–H groups in total. The number of hydrogen-bond acceptors (Lipinski definition) is 1. The van der Waals surface area contributed by atoms with Gasteiger partial charge < -0.3 is 0 Å². The molecular formula is C39H21F16NW2. The number of aryl methyl sites for hydroxylation is 2. The molecule has 0 aliphatic carbocycles. The van der Waals surface area contributed by atoms with Crippen molar-refractivity contribution in [1.29, 1.82) is 5.26 Å². The quantitative estimate of drug-likeness (QED) is 0.0863. The average molecular weight is 1180 g/mol. The van der Waals surface area contributed by atoms with Crippen LogP contribution in [0, 0.1) is 143 Å². The largest absolute Gasteiger partial charge is 2.00 e. The zero-order valence-electron chi connectivity index (χ0n) is 29.3. The van der Waals surface area contributed by atoms with Crippen LogP contribution >= 0.6 is 0 Å². The van der Waals surface area contributed by atoms with Gasteiger partial charge in [-0.1, -0.05) is 54.3 Å². The smallest absolute Gasteiger partial charge is 0.281 e. The predicted octanol–water partition coefficient (Wildman–Crippen LogP) is 11.3. The maximum Gasteiger partial charge on any atom is 2.00 e. The molecule has 0 aromatic heterocycles. The minimum Gasteiger partial charge on any atom is -0.281 e. The fraction of sp³-hybridized carbons (Fsp3) is 0.205. The van der Waals surface area contributed by atoms with Crippen LogP contribution in [0.3, 0.4) is 0 Å². The van der Waals surface area contributed by atoms with E-state index in [1.54, 1.807) is 18.2 Å². The van der Waals surface area contributed by atoms with Gasteiger partial charge in [0.2, 0.25) is 0 Å². The van der Waals surface area contributed by atoms with E-state index < -0.39 is 115 Å². The Labute approximate surface area is 349 Å². The van der Waals surface area contributed by atoms with Crippen LogP contribution in [-0.4, -0.2) is 0 Å². The van der Waals surface area contributed by atoms with Gasteiger partial charge in [0.15, 0.2) is 0 Å². The summed E-state index contributed by atoms with van der Waals surface area (Å²) in [6, 6.07) is 11.9. The topological polar surface area (TPSA) is 23.8 Å². The normalized spacial score (nSPS) is 10.4. The van der Waals surface area contributed by atoms with Gasteiger partial charge in [0.05, 0.1) is 11.6 Å². The third kappa shape index (κ3) is 12.4. The Morgan fingerprint density at radius 2 is 0.655 bits per heavy atom. The van der Waals surface area contributed by atoms with Crippen molar-refractivity contribution in [3.05, 3.63) is 174 Å². The van der Waals surface area contributed by atoms with Gasteiger partial charge in [0.1, 0.15) is 0 Å². The van der Waals surface area contributed by atoms with E-state index in [2.05, 4.69) is 0 Å². The first-order valence-corrected chi connectivity index (χ1v) is 15.7. The molecule has 0 bridgehead atoms. The molecule has 0 radical (unpaired) electrons. The number of nitriles is 1. The fourth-order valence-corrected chi connectivity index (χ4v) is 4.96. The number of halogens is 16. The van der Waals surface area contributed by atoms with Crippen molar-refractivity contribution >= 4 is 0 Å². The Hall–Kier alpha value is -4.15. The molecule has 0 atom stereocenters. The zero-order valence-corrected chi connectivity index (χ0v) is 35.2. The van der Waals surface area contributed by atoms with E-state index >= 15 is 0 Å². The molecule has 0 aliphatic rings. The van der Waals surface area contributed by atoms with E-state index in [0.29, 0.717) is 11.1 Å². The summed E-state index contributed by atoms with van der Waals surface area (Å²) in [6.07, 6.45) is -0.266. The molecule has 0 aliphatic heterocycles. The van der Waals surface area contributed by atoms with Gasteiger partial charge in [-0.15, -0.1) is 24.3 Å². The molecular weight excluding hydrogens is 1150 g/mol. The molecule has 5 aromatic carbocycles. The van der Waals surface area contributed by atoms with E-state index in [1.165, 1.54) is 24.3 Å². The van der Waals surface area contributed by atoms with Crippen LogP contribution in [0.25, 0.3) is 0 Å². The van der Waals surface area contributed by atoms with Crippen molar-refractivity contribution in [1.82, 2.24) is 0 Å².